The Morgan fingerprint density at radius 2 is 1.83 bits per heavy atom. The fraction of sp³-hybridized carbons (Fsp3) is 0.750. The van der Waals surface area contributed by atoms with Crippen LogP contribution in [0.5, 0.6) is 0 Å². The molecule has 0 aromatic heterocycles. The molecule has 0 aromatic rings. The normalized spacial score (nSPS) is 13.0. The van der Waals surface area contributed by atoms with Gasteiger partial charge in [0.05, 0.1) is 6.61 Å². The van der Waals surface area contributed by atoms with E-state index in [0.29, 0.717) is 12.8 Å². The Bertz CT molecular complexity index is 288. The molecule has 106 valence electrons. The number of allylic oxidation sites excluding steroid dienone is 2. The first-order chi connectivity index (χ1) is 8.23. The summed E-state index contributed by atoms with van der Waals surface area (Å²) >= 11 is 0. The molecule has 0 saturated carbocycles. The highest BCUT2D eigenvalue weighted by Crippen LogP contribution is 2.37. The van der Waals surface area contributed by atoms with Crippen LogP contribution in [0.2, 0.25) is 0 Å². The molecule has 0 aliphatic carbocycles. The second-order valence-electron chi connectivity index (χ2n) is 3.92. The molecule has 0 N–H and O–H groups in total. The lowest BCUT2D eigenvalue weighted by molar-refractivity contribution is -0.180. The number of hydrogen-bond donors (Lipinski definition) is 0. The molecule has 0 spiro atoms. The monoisotopic (exact) mass is 270 g/mol. The number of alkyl halides is 4. The van der Waals surface area contributed by atoms with Crippen molar-refractivity contribution in [3.63, 3.8) is 0 Å². The van der Waals surface area contributed by atoms with Crippen LogP contribution < -0.4 is 0 Å². The number of halogens is 4. The Balaban J connectivity index is 3.92. The number of carbonyl (C=O) groups is 1. The zero-order valence-corrected chi connectivity index (χ0v) is 10.5. The van der Waals surface area contributed by atoms with Gasteiger partial charge in [-0.25, -0.2) is 0 Å². The van der Waals surface area contributed by atoms with Crippen LogP contribution in [0.1, 0.15) is 39.5 Å². The number of unbranched alkanes of at least 4 members (excludes halogenated alkanes) is 2. The van der Waals surface area contributed by atoms with E-state index < -0.39 is 24.2 Å². The molecule has 0 atom stereocenters. The molecule has 0 aliphatic rings. The van der Waals surface area contributed by atoms with Crippen LogP contribution in [-0.2, 0) is 9.53 Å². The topological polar surface area (TPSA) is 26.3 Å². The van der Waals surface area contributed by atoms with Gasteiger partial charge in [0.15, 0.2) is 0 Å². The lowest BCUT2D eigenvalue weighted by Crippen LogP contribution is -2.37. The highest BCUT2D eigenvalue weighted by Gasteiger charge is 2.52. The molecular formula is C12H18F4O2. The van der Waals surface area contributed by atoms with Gasteiger partial charge in [0.1, 0.15) is 0 Å². The van der Waals surface area contributed by atoms with Crippen molar-refractivity contribution in [1.29, 1.82) is 0 Å². The lowest BCUT2D eigenvalue weighted by atomic mass is 10.1. The molecule has 2 nitrogen and oxygen atoms in total. The fourth-order valence-electron chi connectivity index (χ4n) is 1.17. The highest BCUT2D eigenvalue weighted by molar-refractivity contribution is 5.65. The first-order valence-electron chi connectivity index (χ1n) is 5.79. The Morgan fingerprint density at radius 3 is 2.33 bits per heavy atom. The summed E-state index contributed by atoms with van der Waals surface area (Å²) in [4.78, 5) is 10.4. The van der Waals surface area contributed by atoms with Crippen LogP contribution in [0.4, 0.5) is 17.6 Å². The van der Waals surface area contributed by atoms with E-state index in [1.165, 1.54) is 6.92 Å². The van der Waals surface area contributed by atoms with Crippen molar-refractivity contribution in [2.75, 3.05) is 6.61 Å². The van der Waals surface area contributed by atoms with E-state index in [-0.39, 0.29) is 19.1 Å². The predicted molar refractivity (Wildman–Crippen MR) is 59.8 cm³/mol. The number of ether oxygens (including phenoxy) is 1. The minimum Gasteiger partial charge on any atom is -0.466 e. The number of esters is 1. The van der Waals surface area contributed by atoms with E-state index in [2.05, 4.69) is 4.74 Å². The zero-order chi connectivity index (χ0) is 14.2. The summed E-state index contributed by atoms with van der Waals surface area (Å²) in [6, 6.07) is 0. The van der Waals surface area contributed by atoms with Crippen LogP contribution in [0.15, 0.2) is 12.2 Å². The third-order valence-electron chi connectivity index (χ3n) is 2.33. The van der Waals surface area contributed by atoms with Crippen molar-refractivity contribution in [2.24, 2.45) is 0 Å². The molecule has 0 rings (SSSR count). The molecule has 0 amide bonds. The van der Waals surface area contributed by atoms with Crippen LogP contribution in [0.25, 0.3) is 0 Å². The Morgan fingerprint density at radius 1 is 1.22 bits per heavy atom. The Hall–Kier alpha value is -1.07. The number of carbonyl (C=O) groups excluding carboxylic acids is 1. The molecule has 0 saturated heterocycles. The average Bonchev–Trinajstić information content (AvgIpc) is 2.27. The predicted octanol–water partition coefficient (Wildman–Crippen LogP) is 3.96. The summed E-state index contributed by atoms with van der Waals surface area (Å²) in [6.45, 7) is 2.50. The van der Waals surface area contributed by atoms with Crippen molar-refractivity contribution in [2.45, 2.75) is 51.4 Å². The molecule has 0 aromatic carbocycles. The van der Waals surface area contributed by atoms with Crippen molar-refractivity contribution < 1.29 is 27.1 Å². The zero-order valence-electron chi connectivity index (χ0n) is 10.5. The summed E-state index contributed by atoms with van der Waals surface area (Å²) in [5, 5.41) is 0. The van der Waals surface area contributed by atoms with Crippen LogP contribution in [-0.4, -0.2) is 24.4 Å². The third-order valence-corrected chi connectivity index (χ3v) is 2.33. The standard InChI is InChI=1S/C12H18F4O2/c1-3-11(13,14)12(15,16)8-6-4-5-7-9-18-10(2)17/h6,8H,3-5,7,9H2,1-2H3/b8-6-. The minimum absolute atomic E-state index is 0.213. The lowest BCUT2D eigenvalue weighted by Gasteiger charge is -2.22. The van der Waals surface area contributed by atoms with Crippen molar-refractivity contribution in [3.05, 3.63) is 12.2 Å². The Labute approximate surface area is 104 Å². The van der Waals surface area contributed by atoms with Gasteiger partial charge in [0.2, 0.25) is 0 Å². The first kappa shape index (κ1) is 16.9. The van der Waals surface area contributed by atoms with Gasteiger partial charge in [0.25, 0.3) is 0 Å². The van der Waals surface area contributed by atoms with Crippen molar-refractivity contribution >= 4 is 5.97 Å². The van der Waals surface area contributed by atoms with E-state index in [1.807, 2.05) is 0 Å². The van der Waals surface area contributed by atoms with Gasteiger partial charge in [-0.1, -0.05) is 13.0 Å². The smallest absolute Gasteiger partial charge is 0.328 e. The van der Waals surface area contributed by atoms with Crippen LogP contribution in [0.3, 0.4) is 0 Å². The largest absolute Gasteiger partial charge is 0.466 e. The maximum Gasteiger partial charge on any atom is 0.328 e. The second-order valence-corrected chi connectivity index (χ2v) is 3.92. The molecule has 0 unspecified atom stereocenters. The van der Waals surface area contributed by atoms with Gasteiger partial charge in [0, 0.05) is 13.3 Å². The van der Waals surface area contributed by atoms with Gasteiger partial charge in [-0.2, -0.15) is 17.6 Å². The molecule has 0 aliphatic heterocycles. The van der Waals surface area contributed by atoms with Gasteiger partial charge in [-0.3, -0.25) is 4.79 Å². The quantitative estimate of drug-likeness (QED) is 0.289. The van der Waals surface area contributed by atoms with Crippen LogP contribution in [0, 0.1) is 0 Å². The highest BCUT2D eigenvalue weighted by atomic mass is 19.3. The van der Waals surface area contributed by atoms with Gasteiger partial charge in [-0.05, 0) is 25.3 Å². The second kappa shape index (κ2) is 7.38. The van der Waals surface area contributed by atoms with E-state index >= 15 is 0 Å². The van der Waals surface area contributed by atoms with Gasteiger partial charge < -0.3 is 4.74 Å². The molecular weight excluding hydrogens is 252 g/mol. The van der Waals surface area contributed by atoms with Crippen LogP contribution >= 0.6 is 0 Å². The fourth-order valence-corrected chi connectivity index (χ4v) is 1.17. The van der Waals surface area contributed by atoms with E-state index in [4.69, 9.17) is 0 Å². The maximum absolute atomic E-state index is 13.0. The molecule has 0 heterocycles. The number of rotatable bonds is 8. The van der Waals surface area contributed by atoms with E-state index in [1.54, 1.807) is 0 Å². The van der Waals surface area contributed by atoms with Crippen molar-refractivity contribution in [3.8, 4) is 0 Å². The summed E-state index contributed by atoms with van der Waals surface area (Å²) in [7, 11) is 0. The minimum atomic E-state index is -4.11. The summed E-state index contributed by atoms with van der Waals surface area (Å²) in [5.41, 5.74) is 0. The molecule has 6 heteroatoms. The van der Waals surface area contributed by atoms with E-state index in [0.717, 1.165) is 13.0 Å². The first-order valence-corrected chi connectivity index (χ1v) is 5.79. The van der Waals surface area contributed by atoms with E-state index in [9.17, 15) is 22.4 Å². The maximum atomic E-state index is 13.0. The number of hydrogen-bond acceptors (Lipinski definition) is 2. The summed E-state index contributed by atoms with van der Waals surface area (Å²) < 4.78 is 56.2. The van der Waals surface area contributed by atoms with Crippen molar-refractivity contribution in [1.82, 2.24) is 0 Å². The Kier molecular flexibility index (Phi) is 6.94. The average molecular weight is 270 g/mol. The summed E-state index contributed by atoms with van der Waals surface area (Å²) in [6.07, 6.45) is 1.64. The van der Waals surface area contributed by atoms with Gasteiger partial charge in [-0.15, -0.1) is 0 Å². The SMILES string of the molecule is CCC(F)(F)C(F)(F)/C=C\CCCCOC(C)=O. The summed E-state index contributed by atoms with van der Waals surface area (Å²) in [5.74, 6) is -8.53. The molecule has 0 bridgehead atoms. The molecule has 0 fully saturated rings. The molecule has 18 heavy (non-hydrogen) atoms. The van der Waals surface area contributed by atoms with Gasteiger partial charge >= 0.3 is 17.8 Å². The third kappa shape index (κ3) is 6.02. The molecule has 0 radical (unpaired) electrons.